The van der Waals surface area contributed by atoms with Crippen LogP contribution in [0.25, 0.3) is 0 Å². The molecular formula is C74H111N13O12. The maximum atomic E-state index is 14.2. The summed E-state index contributed by atoms with van der Waals surface area (Å²) in [4.78, 5) is 127. The normalized spacial score (nSPS) is 13.6. The number of alkyl carbamates (subject to hydrolysis) is 1. The van der Waals surface area contributed by atoms with Gasteiger partial charge in [0.05, 0.1) is 18.1 Å². The van der Waals surface area contributed by atoms with E-state index in [2.05, 4.69) is 25.9 Å². The van der Waals surface area contributed by atoms with Crippen LogP contribution in [0.5, 0.6) is 11.5 Å². The fourth-order valence-corrected chi connectivity index (χ4v) is 11.7. The topological polar surface area (TPSA) is 472 Å². The van der Waals surface area contributed by atoms with Gasteiger partial charge in [-0.05, 0) is 214 Å². The standard InChI is InChI=1S/C40H60N6O7.C34H51N7O5/c1-25(13-12-18-44-38(42)43)34(48)24-30(22-32-26(2)19-31(47)20-27(32)3)37(51)46-33(16-10-11-17-45-39(52)53-40(4,5)6)35(49)23-29(36(41)50)21-28-14-8-7-9-15-28;1-21-15-26(42)16-22(2)27(21)18-25(20-30(43)28(36)11-8-14-40-34(38)39)33(46)41-29(12-6-7-13-35)31(44)19-24(32(37)45)17-23-9-4-3-5-10-23/h7-9,14-15,19-20,25,29-30,33,47H,10-13,16-18,21-24H2,1-6H3,(H2,41,50)(H,45,52)(H,46,51)(H4,42,43,44);3-5,9-10,15-16,24-25,28-29,42H,6-8,11-14,17-20,35-36H2,1-2H3,(H2,37,45)(H,41,46)(H4,38,39,40)/t25-,29-,30-,33+;24-,25-,28-,29+/m11/s1. The maximum Gasteiger partial charge on any atom is 0.407 e. The number of aliphatic imine (C=N–C) groups is 2. The van der Waals surface area contributed by atoms with Crippen LogP contribution in [0.4, 0.5) is 4.79 Å². The van der Waals surface area contributed by atoms with Gasteiger partial charge in [-0.3, -0.25) is 48.3 Å². The number of phenolic OH excluding ortho intramolecular Hbond substituents is 2. The Balaban J connectivity index is 0.000000520. The number of carbonyl (C=O) groups excluding carboxylic acids is 9. The zero-order valence-corrected chi connectivity index (χ0v) is 59.2. The summed E-state index contributed by atoms with van der Waals surface area (Å²) in [5.41, 5.74) is 50.7. The van der Waals surface area contributed by atoms with Gasteiger partial charge in [-0.25, -0.2) is 4.79 Å². The van der Waals surface area contributed by atoms with Gasteiger partial charge in [-0.1, -0.05) is 67.6 Å². The lowest BCUT2D eigenvalue weighted by Gasteiger charge is -2.25. The second kappa shape index (κ2) is 43.2. The van der Waals surface area contributed by atoms with Crippen LogP contribution in [0.3, 0.4) is 0 Å². The molecule has 0 radical (unpaired) electrons. The number of amides is 5. The van der Waals surface area contributed by atoms with Gasteiger partial charge < -0.3 is 76.8 Å². The lowest BCUT2D eigenvalue weighted by atomic mass is 9.85. The third-order valence-corrected chi connectivity index (χ3v) is 17.2. The largest absolute Gasteiger partial charge is 0.508 e. The minimum absolute atomic E-state index is 0.0222. The van der Waals surface area contributed by atoms with Gasteiger partial charge in [0.2, 0.25) is 23.6 Å². The number of rotatable bonds is 43. The molecule has 4 rings (SSSR count). The third-order valence-electron chi connectivity index (χ3n) is 17.2. The number of Topliss-reactive ketones (excluding diaryl/α,β-unsaturated/α-hetero) is 4. The molecule has 0 unspecified atom stereocenters. The number of phenols is 2. The van der Waals surface area contributed by atoms with Crippen molar-refractivity contribution < 1.29 is 58.1 Å². The van der Waals surface area contributed by atoms with Gasteiger partial charge in [-0.2, -0.15) is 0 Å². The monoisotopic (exact) mass is 1370 g/mol. The molecule has 5 amide bonds. The molecule has 0 spiro atoms. The molecule has 25 heteroatoms. The Bertz CT molecular complexity index is 3300. The summed E-state index contributed by atoms with van der Waals surface area (Å²) in [6.07, 6.45) is 4.49. The van der Waals surface area contributed by atoms with Crippen molar-refractivity contribution in [2.24, 2.45) is 85.4 Å². The first-order valence-electron chi connectivity index (χ1n) is 34.2. The summed E-state index contributed by atoms with van der Waals surface area (Å²) >= 11 is 0. The van der Waals surface area contributed by atoms with Gasteiger partial charge in [-0.15, -0.1) is 0 Å². The molecule has 0 saturated carbocycles. The van der Waals surface area contributed by atoms with E-state index in [4.69, 9.17) is 50.6 Å². The van der Waals surface area contributed by atoms with Crippen LogP contribution < -0.4 is 61.8 Å². The Morgan fingerprint density at radius 3 is 1.26 bits per heavy atom. The lowest BCUT2D eigenvalue weighted by Crippen LogP contribution is -2.46. The second-order valence-corrected chi connectivity index (χ2v) is 26.9. The Labute approximate surface area is 583 Å². The molecule has 0 saturated heterocycles. The van der Waals surface area contributed by atoms with Crippen molar-refractivity contribution in [3.8, 4) is 11.5 Å². The highest BCUT2D eigenvalue weighted by atomic mass is 16.6. The number of hydrogen-bond donors (Lipinski definition) is 13. The Morgan fingerprint density at radius 2 is 0.879 bits per heavy atom. The van der Waals surface area contributed by atoms with Crippen molar-refractivity contribution in [2.45, 2.75) is 195 Å². The Hall–Kier alpha value is -9.23. The lowest BCUT2D eigenvalue weighted by molar-refractivity contribution is -0.134. The molecule has 4 aromatic rings. The molecule has 21 N–H and O–H groups in total. The Kier molecular flexibility index (Phi) is 36.7. The highest BCUT2D eigenvalue weighted by molar-refractivity contribution is 5.96. The molecule has 25 nitrogen and oxygen atoms in total. The molecule has 0 aliphatic carbocycles. The molecule has 0 aliphatic heterocycles. The van der Waals surface area contributed by atoms with Gasteiger partial charge in [0, 0.05) is 74.9 Å². The summed E-state index contributed by atoms with van der Waals surface area (Å²) in [5, 5.41) is 28.7. The van der Waals surface area contributed by atoms with Crippen molar-refractivity contribution in [2.75, 3.05) is 26.2 Å². The van der Waals surface area contributed by atoms with Crippen molar-refractivity contribution >= 4 is 64.8 Å². The fraction of sp³-hybridized carbons (Fsp3) is 0.527. The van der Waals surface area contributed by atoms with E-state index in [1.807, 2.05) is 88.4 Å². The summed E-state index contributed by atoms with van der Waals surface area (Å²) in [6.45, 7) is 15.8. The summed E-state index contributed by atoms with van der Waals surface area (Å²) < 4.78 is 5.29. The number of aromatic hydroxyl groups is 2. The number of nitrogens with one attached hydrogen (secondary N) is 3. The van der Waals surface area contributed by atoms with Crippen LogP contribution in [0.2, 0.25) is 0 Å². The SMILES string of the molecule is Cc1cc(O)cc(C)c1C[C@H](CC(=O)[C@H](C)CCCN=C(N)N)C(=O)N[C@@H](CCCCNC(=O)OC(C)(C)C)C(=O)C[C@@H](Cc1ccccc1)C(N)=O.Cc1cc(O)cc(C)c1C[C@H](CC(=O)[C@H](N)CCCN=C(N)N)C(=O)N[C@@H](CCCCN)C(=O)C[C@@H](Cc1ccccc1)C(N)=O. The maximum absolute atomic E-state index is 14.2. The fourth-order valence-electron chi connectivity index (χ4n) is 11.7. The van der Waals surface area contributed by atoms with Crippen molar-refractivity contribution in [3.05, 3.63) is 129 Å². The van der Waals surface area contributed by atoms with Crippen LogP contribution in [0.15, 0.2) is 94.9 Å². The van der Waals surface area contributed by atoms with Crippen molar-refractivity contribution in [1.82, 2.24) is 16.0 Å². The molecule has 99 heavy (non-hydrogen) atoms. The number of nitrogens with two attached hydrogens (primary N) is 8. The minimum Gasteiger partial charge on any atom is -0.508 e. The predicted octanol–water partition coefficient (Wildman–Crippen LogP) is 5.72. The summed E-state index contributed by atoms with van der Waals surface area (Å²) in [5.74, 6) is -6.71. The number of carbonyl (C=O) groups is 9. The third kappa shape index (κ3) is 32.8. The van der Waals surface area contributed by atoms with E-state index < -0.39 is 77.1 Å². The van der Waals surface area contributed by atoms with Crippen LogP contribution in [0, 0.1) is 57.3 Å². The predicted molar refractivity (Wildman–Crippen MR) is 386 cm³/mol. The van der Waals surface area contributed by atoms with Crippen molar-refractivity contribution in [1.29, 1.82) is 0 Å². The number of aryl methyl sites for hydroxylation is 4. The van der Waals surface area contributed by atoms with E-state index in [0.29, 0.717) is 90.4 Å². The van der Waals surface area contributed by atoms with Gasteiger partial charge in [0.25, 0.3) is 0 Å². The molecule has 0 heterocycles. The van der Waals surface area contributed by atoms with Gasteiger partial charge in [0.1, 0.15) is 28.7 Å². The first kappa shape index (κ1) is 84.0. The minimum atomic E-state index is -0.974. The molecule has 8 atom stereocenters. The number of unbranched alkanes of at least 4 members (excludes halogenated alkanes) is 2. The highest BCUT2D eigenvalue weighted by Crippen LogP contribution is 2.29. The molecule has 0 aromatic heterocycles. The van der Waals surface area contributed by atoms with E-state index in [1.54, 1.807) is 52.0 Å². The van der Waals surface area contributed by atoms with Crippen LogP contribution >= 0.6 is 0 Å². The number of ether oxygens (including phenoxy) is 1. The molecule has 544 valence electrons. The summed E-state index contributed by atoms with van der Waals surface area (Å²) in [7, 11) is 0. The number of ketones is 4. The van der Waals surface area contributed by atoms with E-state index in [-0.39, 0.29) is 104 Å². The van der Waals surface area contributed by atoms with Crippen molar-refractivity contribution in [3.63, 3.8) is 0 Å². The first-order valence-corrected chi connectivity index (χ1v) is 34.2. The Morgan fingerprint density at radius 1 is 0.495 bits per heavy atom. The number of nitrogens with zero attached hydrogens (tertiary/aromatic N) is 2. The van der Waals surface area contributed by atoms with E-state index in [0.717, 1.165) is 44.5 Å². The quantitative estimate of drug-likeness (QED) is 0.0143. The molecule has 0 fully saturated rings. The zero-order chi connectivity index (χ0) is 73.9. The highest BCUT2D eigenvalue weighted by Gasteiger charge is 2.34. The first-order chi connectivity index (χ1) is 46.7. The second-order valence-electron chi connectivity index (χ2n) is 26.9. The van der Waals surface area contributed by atoms with Crippen LogP contribution in [0.1, 0.15) is 162 Å². The molecule has 0 aliphatic rings. The van der Waals surface area contributed by atoms with E-state index in [1.165, 1.54) is 0 Å². The average molecular weight is 1370 g/mol. The number of hydrogen-bond acceptors (Lipinski definition) is 16. The van der Waals surface area contributed by atoms with E-state index in [9.17, 15) is 53.4 Å². The molecule has 4 aromatic carbocycles. The number of benzene rings is 4. The molecule has 0 bridgehead atoms. The van der Waals surface area contributed by atoms with Gasteiger partial charge in [0.15, 0.2) is 23.5 Å². The number of primary amides is 2. The zero-order valence-electron chi connectivity index (χ0n) is 59.2. The summed E-state index contributed by atoms with van der Waals surface area (Å²) in [6, 6.07) is 22.2. The average Bonchev–Trinajstić information content (AvgIpc) is 0.841. The van der Waals surface area contributed by atoms with Gasteiger partial charge >= 0.3 is 6.09 Å². The smallest absolute Gasteiger partial charge is 0.407 e. The van der Waals surface area contributed by atoms with E-state index >= 15 is 0 Å². The number of guanidine groups is 2. The van der Waals surface area contributed by atoms with Crippen LogP contribution in [-0.4, -0.2) is 125 Å². The van der Waals surface area contributed by atoms with Crippen LogP contribution in [-0.2, 0) is 68.8 Å². The molecular weight excluding hydrogens is 1260 g/mol.